The smallest absolute Gasteiger partial charge is 0.191 e. The minimum Gasteiger partial charge on any atom is -0.354 e. The highest BCUT2D eigenvalue weighted by atomic mass is 127. The van der Waals surface area contributed by atoms with Crippen LogP contribution in [0.3, 0.4) is 0 Å². The van der Waals surface area contributed by atoms with Crippen LogP contribution >= 0.6 is 24.0 Å². The highest BCUT2D eigenvalue weighted by Gasteiger charge is 2.08. The van der Waals surface area contributed by atoms with Gasteiger partial charge in [-0.3, -0.25) is 4.99 Å². The van der Waals surface area contributed by atoms with Crippen LogP contribution in [0.5, 0.6) is 0 Å². The van der Waals surface area contributed by atoms with Crippen LogP contribution < -0.4 is 10.6 Å². The molecule has 1 aromatic heterocycles. The zero-order valence-electron chi connectivity index (χ0n) is 14.7. The van der Waals surface area contributed by atoms with Gasteiger partial charge in [-0.1, -0.05) is 38.1 Å². The van der Waals surface area contributed by atoms with E-state index in [4.69, 9.17) is 0 Å². The normalized spacial score (nSPS) is 12.6. The van der Waals surface area contributed by atoms with Crippen molar-refractivity contribution >= 4 is 29.9 Å². The lowest BCUT2D eigenvalue weighted by atomic mass is 10.1. The van der Waals surface area contributed by atoms with E-state index in [9.17, 15) is 0 Å². The summed E-state index contributed by atoms with van der Waals surface area (Å²) in [5.74, 6) is 1.38. The molecule has 1 heterocycles. The first-order valence-corrected chi connectivity index (χ1v) is 7.96. The average molecular weight is 442 g/mol. The fourth-order valence-corrected chi connectivity index (χ4v) is 2.10. The summed E-state index contributed by atoms with van der Waals surface area (Å²) in [5, 5.41) is 10.9. The number of halogens is 1. The minimum atomic E-state index is 0. The van der Waals surface area contributed by atoms with E-state index in [1.54, 1.807) is 19.7 Å². The fraction of sp³-hybridized carbons (Fsp3) is 0.471. The number of hydrogen-bond acceptors (Lipinski definition) is 3. The molecule has 0 fully saturated rings. The van der Waals surface area contributed by atoms with E-state index in [0.717, 1.165) is 19.0 Å². The van der Waals surface area contributed by atoms with Gasteiger partial charge in [0.2, 0.25) is 0 Å². The molecule has 1 unspecified atom stereocenters. The van der Waals surface area contributed by atoms with Crippen LogP contribution in [0.15, 0.2) is 41.9 Å². The quantitative estimate of drug-likeness (QED) is 0.410. The lowest BCUT2D eigenvalue weighted by Gasteiger charge is -2.20. The molecule has 0 spiro atoms. The molecule has 24 heavy (non-hydrogen) atoms. The molecule has 0 saturated heterocycles. The standard InChI is InChI=1S/C17H26N6.HI/c1-13(2)14(3)22-17(18-4)20-9-15-6-5-7-16(8-15)10-23-12-19-11-21-23;/h5-8,11-14H,9-10H2,1-4H3,(H2,18,20,22);1H. The van der Waals surface area contributed by atoms with Gasteiger partial charge in [-0.2, -0.15) is 5.10 Å². The monoisotopic (exact) mass is 442 g/mol. The van der Waals surface area contributed by atoms with E-state index in [0.29, 0.717) is 12.0 Å². The number of aliphatic imine (C=N–C) groups is 1. The molecular formula is C17H27IN6. The highest BCUT2D eigenvalue weighted by molar-refractivity contribution is 14.0. The number of nitrogens with zero attached hydrogens (tertiary/aromatic N) is 4. The van der Waals surface area contributed by atoms with Gasteiger partial charge in [0.15, 0.2) is 5.96 Å². The molecule has 2 N–H and O–H groups in total. The van der Waals surface area contributed by atoms with Crippen LogP contribution in [0.1, 0.15) is 31.9 Å². The third-order valence-corrected chi connectivity index (χ3v) is 3.85. The predicted octanol–water partition coefficient (Wildman–Crippen LogP) is 2.65. The Hall–Kier alpha value is -1.64. The number of aromatic nitrogens is 3. The minimum absolute atomic E-state index is 0. The third kappa shape index (κ3) is 6.46. The predicted molar refractivity (Wildman–Crippen MR) is 109 cm³/mol. The van der Waals surface area contributed by atoms with Crippen molar-refractivity contribution in [3.05, 3.63) is 48.0 Å². The maximum absolute atomic E-state index is 4.28. The van der Waals surface area contributed by atoms with Gasteiger partial charge in [0, 0.05) is 19.6 Å². The average Bonchev–Trinajstić information content (AvgIpc) is 3.04. The Balaban J connectivity index is 0.00000288. The van der Waals surface area contributed by atoms with Crippen molar-refractivity contribution in [2.75, 3.05) is 7.05 Å². The molecule has 0 radical (unpaired) electrons. The molecule has 0 amide bonds. The van der Waals surface area contributed by atoms with E-state index in [-0.39, 0.29) is 24.0 Å². The van der Waals surface area contributed by atoms with E-state index in [2.05, 4.69) is 70.7 Å². The summed E-state index contributed by atoms with van der Waals surface area (Å²) in [5.41, 5.74) is 2.41. The van der Waals surface area contributed by atoms with E-state index in [1.807, 2.05) is 4.68 Å². The Morgan fingerprint density at radius 3 is 2.62 bits per heavy atom. The van der Waals surface area contributed by atoms with Gasteiger partial charge >= 0.3 is 0 Å². The van der Waals surface area contributed by atoms with Gasteiger partial charge in [-0.25, -0.2) is 9.67 Å². The summed E-state index contributed by atoms with van der Waals surface area (Å²) in [6.45, 7) is 8.01. The van der Waals surface area contributed by atoms with Crippen LogP contribution in [0, 0.1) is 5.92 Å². The number of guanidine groups is 1. The van der Waals surface area contributed by atoms with Crippen LogP contribution in [0.25, 0.3) is 0 Å². The maximum Gasteiger partial charge on any atom is 0.191 e. The maximum atomic E-state index is 4.28. The first kappa shape index (κ1) is 20.4. The molecule has 0 aliphatic rings. The zero-order chi connectivity index (χ0) is 16.7. The van der Waals surface area contributed by atoms with E-state index < -0.39 is 0 Å². The Morgan fingerprint density at radius 2 is 2.00 bits per heavy atom. The van der Waals surface area contributed by atoms with E-state index >= 15 is 0 Å². The fourth-order valence-electron chi connectivity index (χ4n) is 2.10. The Bertz CT molecular complexity index is 624. The van der Waals surface area contributed by atoms with Crippen molar-refractivity contribution in [1.82, 2.24) is 25.4 Å². The molecule has 7 heteroatoms. The van der Waals surface area contributed by atoms with Gasteiger partial charge < -0.3 is 10.6 Å². The second-order valence-corrected chi connectivity index (χ2v) is 6.02. The second-order valence-electron chi connectivity index (χ2n) is 6.02. The molecule has 1 atom stereocenters. The van der Waals surface area contributed by atoms with Crippen LogP contribution in [-0.2, 0) is 13.1 Å². The Labute approximate surface area is 161 Å². The van der Waals surface area contributed by atoms with Crippen molar-refractivity contribution in [2.45, 2.75) is 39.9 Å². The Morgan fingerprint density at radius 1 is 1.25 bits per heavy atom. The SMILES string of the molecule is CN=C(NCc1cccc(Cn2cncn2)c1)NC(C)C(C)C.I. The second kappa shape index (κ2) is 10.3. The first-order valence-electron chi connectivity index (χ1n) is 7.96. The molecular weight excluding hydrogens is 415 g/mol. The van der Waals surface area contributed by atoms with Crippen LogP contribution in [-0.4, -0.2) is 33.8 Å². The number of hydrogen-bond donors (Lipinski definition) is 2. The Kier molecular flexibility index (Phi) is 8.73. The summed E-state index contributed by atoms with van der Waals surface area (Å²) < 4.78 is 1.82. The van der Waals surface area contributed by atoms with Crippen molar-refractivity contribution in [1.29, 1.82) is 0 Å². The van der Waals surface area contributed by atoms with Crippen molar-refractivity contribution in [3.8, 4) is 0 Å². The zero-order valence-corrected chi connectivity index (χ0v) is 17.1. The van der Waals surface area contributed by atoms with Crippen molar-refractivity contribution < 1.29 is 0 Å². The third-order valence-electron chi connectivity index (χ3n) is 3.85. The molecule has 2 rings (SSSR count). The lowest BCUT2D eigenvalue weighted by molar-refractivity contribution is 0.481. The van der Waals surface area contributed by atoms with Crippen LogP contribution in [0.2, 0.25) is 0 Å². The highest BCUT2D eigenvalue weighted by Crippen LogP contribution is 2.07. The van der Waals surface area contributed by atoms with Gasteiger partial charge in [0.05, 0.1) is 6.54 Å². The van der Waals surface area contributed by atoms with Crippen molar-refractivity contribution in [2.24, 2.45) is 10.9 Å². The first-order chi connectivity index (χ1) is 11.1. The summed E-state index contributed by atoms with van der Waals surface area (Å²) in [7, 11) is 1.80. The molecule has 0 bridgehead atoms. The van der Waals surface area contributed by atoms with Crippen molar-refractivity contribution in [3.63, 3.8) is 0 Å². The molecule has 0 aliphatic carbocycles. The number of benzene rings is 1. The molecule has 0 saturated carbocycles. The number of nitrogens with one attached hydrogen (secondary N) is 2. The van der Waals surface area contributed by atoms with Gasteiger partial charge in [-0.15, -0.1) is 24.0 Å². The topological polar surface area (TPSA) is 67.1 Å². The van der Waals surface area contributed by atoms with Gasteiger partial charge in [-0.05, 0) is 24.0 Å². The number of rotatable bonds is 6. The van der Waals surface area contributed by atoms with Crippen LogP contribution in [0.4, 0.5) is 0 Å². The van der Waals surface area contributed by atoms with Gasteiger partial charge in [0.25, 0.3) is 0 Å². The molecule has 1 aromatic carbocycles. The largest absolute Gasteiger partial charge is 0.354 e. The molecule has 0 aliphatic heterocycles. The molecule has 2 aromatic rings. The lowest BCUT2D eigenvalue weighted by Crippen LogP contribution is -2.43. The summed E-state index contributed by atoms with van der Waals surface area (Å²) in [6, 6.07) is 8.82. The molecule has 132 valence electrons. The summed E-state index contributed by atoms with van der Waals surface area (Å²) in [4.78, 5) is 8.25. The summed E-state index contributed by atoms with van der Waals surface area (Å²) >= 11 is 0. The molecule has 6 nitrogen and oxygen atoms in total. The van der Waals surface area contributed by atoms with E-state index in [1.165, 1.54) is 11.1 Å². The van der Waals surface area contributed by atoms with Gasteiger partial charge in [0.1, 0.15) is 12.7 Å². The summed E-state index contributed by atoms with van der Waals surface area (Å²) in [6.07, 6.45) is 3.28.